The molecule has 0 radical (unpaired) electrons. The summed E-state index contributed by atoms with van der Waals surface area (Å²) in [6.07, 6.45) is 3.67. The van der Waals surface area contributed by atoms with Gasteiger partial charge in [0, 0.05) is 40.0 Å². The number of pyridine rings is 1. The number of fused-ring (bicyclic) bond motifs is 4. The lowest BCUT2D eigenvalue weighted by Crippen LogP contribution is -1.99. The van der Waals surface area contributed by atoms with Crippen LogP contribution in [0.5, 0.6) is 0 Å². The molecule has 6 heteroatoms. The highest BCUT2D eigenvalue weighted by Gasteiger charge is 2.15. The van der Waals surface area contributed by atoms with Gasteiger partial charge in [0.05, 0.1) is 26.9 Å². The summed E-state index contributed by atoms with van der Waals surface area (Å²) in [6.45, 7) is 0. The van der Waals surface area contributed by atoms with Crippen molar-refractivity contribution >= 4 is 43.4 Å². The van der Waals surface area contributed by atoms with E-state index in [0.29, 0.717) is 0 Å². The largest absolute Gasteiger partial charge is 0.309 e. The molecule has 8 aromatic rings. The highest BCUT2D eigenvalue weighted by atomic mass is 32.1. The van der Waals surface area contributed by atoms with Gasteiger partial charge in [0.15, 0.2) is 5.82 Å². The van der Waals surface area contributed by atoms with Crippen molar-refractivity contribution in [2.45, 2.75) is 0 Å². The van der Waals surface area contributed by atoms with Crippen LogP contribution in [0.2, 0.25) is 0 Å². The molecule has 0 unspecified atom stereocenters. The van der Waals surface area contributed by atoms with Gasteiger partial charge in [0.1, 0.15) is 5.01 Å². The molecular formula is C33H21N5S. The van der Waals surface area contributed by atoms with Gasteiger partial charge in [-0.25, -0.2) is 14.6 Å². The maximum absolute atomic E-state index is 4.92. The van der Waals surface area contributed by atoms with Crippen molar-refractivity contribution in [3.63, 3.8) is 0 Å². The molecule has 0 aliphatic heterocycles. The lowest BCUT2D eigenvalue weighted by Gasteiger charge is -2.11. The topological polar surface area (TPSA) is 48.5 Å². The molecule has 8 rings (SSSR count). The second-order valence-electron chi connectivity index (χ2n) is 9.45. The quantitative estimate of drug-likeness (QED) is 0.235. The monoisotopic (exact) mass is 519 g/mol. The Kier molecular flexibility index (Phi) is 4.93. The van der Waals surface area contributed by atoms with Gasteiger partial charge in [-0.15, -0.1) is 11.3 Å². The molecule has 0 atom stereocenters. The zero-order valence-electron chi connectivity index (χ0n) is 20.8. The van der Waals surface area contributed by atoms with E-state index < -0.39 is 0 Å². The second kappa shape index (κ2) is 8.75. The van der Waals surface area contributed by atoms with Gasteiger partial charge in [-0.3, -0.25) is 0 Å². The number of hydrogen-bond acceptors (Lipinski definition) is 4. The Hall–Kier alpha value is -5.07. The standard InChI is InChI=1S/C33H21N5S/c1-3-13-29-25(10-1)26-17-16-23(33-36-28-11-2-4-14-31(28)39-33)21-30(26)38(29)24-9-5-8-22(20-24)27-12-6-15-32(35-27)37-19-7-18-34-37/h1-21H. The van der Waals surface area contributed by atoms with Crippen LogP contribution in [-0.4, -0.2) is 24.3 Å². The van der Waals surface area contributed by atoms with E-state index in [2.05, 4.69) is 94.6 Å². The Morgan fingerprint density at radius 1 is 0.615 bits per heavy atom. The average Bonchev–Trinajstić information content (AvgIpc) is 3.75. The van der Waals surface area contributed by atoms with E-state index in [9.17, 15) is 0 Å². The number of rotatable bonds is 4. The van der Waals surface area contributed by atoms with E-state index in [4.69, 9.17) is 9.97 Å². The van der Waals surface area contributed by atoms with Gasteiger partial charge in [0.25, 0.3) is 0 Å². The minimum absolute atomic E-state index is 0.792. The van der Waals surface area contributed by atoms with Gasteiger partial charge in [-0.2, -0.15) is 5.10 Å². The number of benzene rings is 4. The second-order valence-corrected chi connectivity index (χ2v) is 10.5. The van der Waals surface area contributed by atoms with Gasteiger partial charge in [0.2, 0.25) is 0 Å². The number of para-hydroxylation sites is 2. The Morgan fingerprint density at radius 2 is 1.49 bits per heavy atom. The van der Waals surface area contributed by atoms with Crippen molar-refractivity contribution in [2.24, 2.45) is 0 Å². The number of hydrogen-bond donors (Lipinski definition) is 0. The lowest BCUT2D eigenvalue weighted by molar-refractivity contribution is 0.848. The van der Waals surface area contributed by atoms with Crippen LogP contribution in [0.1, 0.15) is 0 Å². The predicted molar refractivity (Wildman–Crippen MR) is 160 cm³/mol. The average molecular weight is 520 g/mol. The fourth-order valence-electron chi connectivity index (χ4n) is 5.30. The summed E-state index contributed by atoms with van der Waals surface area (Å²) in [6, 6.07) is 40.1. The molecule has 0 aliphatic rings. The van der Waals surface area contributed by atoms with Crippen LogP contribution in [0.15, 0.2) is 128 Å². The first-order chi connectivity index (χ1) is 19.3. The SMILES string of the molecule is c1cc(-c2cccc(-n3cccn3)n2)cc(-n2c3ccccc3c3ccc(-c4nc5ccccc5s4)cc32)c1. The van der Waals surface area contributed by atoms with Crippen molar-refractivity contribution in [1.29, 1.82) is 0 Å². The van der Waals surface area contributed by atoms with E-state index in [0.717, 1.165) is 44.4 Å². The number of nitrogens with zero attached hydrogens (tertiary/aromatic N) is 5. The summed E-state index contributed by atoms with van der Waals surface area (Å²) in [5.74, 6) is 0.792. The summed E-state index contributed by atoms with van der Waals surface area (Å²) in [5, 5.41) is 7.82. The maximum Gasteiger partial charge on any atom is 0.153 e. The van der Waals surface area contributed by atoms with Crippen LogP contribution in [0.3, 0.4) is 0 Å². The zero-order chi connectivity index (χ0) is 25.8. The van der Waals surface area contributed by atoms with Crippen molar-refractivity contribution in [1.82, 2.24) is 24.3 Å². The molecule has 0 saturated carbocycles. The van der Waals surface area contributed by atoms with Crippen molar-refractivity contribution in [2.75, 3.05) is 0 Å². The summed E-state index contributed by atoms with van der Waals surface area (Å²) >= 11 is 1.73. The van der Waals surface area contributed by atoms with E-state index in [-0.39, 0.29) is 0 Å². The Morgan fingerprint density at radius 3 is 2.41 bits per heavy atom. The fraction of sp³-hybridized carbons (Fsp3) is 0. The molecule has 39 heavy (non-hydrogen) atoms. The van der Waals surface area contributed by atoms with Crippen LogP contribution in [0.25, 0.3) is 65.4 Å². The molecule has 4 aromatic heterocycles. The molecule has 4 aromatic carbocycles. The van der Waals surface area contributed by atoms with E-state index in [1.165, 1.54) is 21.0 Å². The maximum atomic E-state index is 4.92. The van der Waals surface area contributed by atoms with Crippen molar-refractivity contribution in [3.05, 3.63) is 128 Å². The van der Waals surface area contributed by atoms with Crippen LogP contribution < -0.4 is 0 Å². The molecule has 0 aliphatic carbocycles. The van der Waals surface area contributed by atoms with Gasteiger partial charge >= 0.3 is 0 Å². The summed E-state index contributed by atoms with van der Waals surface area (Å²) < 4.78 is 5.33. The normalized spacial score (nSPS) is 11.6. The van der Waals surface area contributed by atoms with Crippen LogP contribution in [-0.2, 0) is 0 Å². The number of aromatic nitrogens is 5. The zero-order valence-corrected chi connectivity index (χ0v) is 21.6. The highest BCUT2D eigenvalue weighted by Crippen LogP contribution is 2.37. The molecule has 0 amide bonds. The Labute approximate surface area is 228 Å². The van der Waals surface area contributed by atoms with Crippen molar-refractivity contribution in [3.8, 4) is 33.3 Å². The highest BCUT2D eigenvalue weighted by molar-refractivity contribution is 7.21. The van der Waals surface area contributed by atoms with Crippen LogP contribution in [0, 0.1) is 0 Å². The molecule has 0 fully saturated rings. The number of thiazole rings is 1. The molecule has 0 N–H and O–H groups in total. The van der Waals surface area contributed by atoms with Crippen LogP contribution >= 0.6 is 11.3 Å². The first-order valence-corrected chi connectivity index (χ1v) is 13.6. The third-order valence-corrected chi connectivity index (χ3v) is 8.17. The first-order valence-electron chi connectivity index (χ1n) is 12.8. The molecule has 0 bridgehead atoms. The molecule has 0 spiro atoms. The fourth-order valence-corrected chi connectivity index (χ4v) is 6.26. The summed E-state index contributed by atoms with van der Waals surface area (Å²) in [4.78, 5) is 9.81. The molecule has 4 heterocycles. The first kappa shape index (κ1) is 22.0. The van der Waals surface area contributed by atoms with Gasteiger partial charge in [-0.1, -0.05) is 60.7 Å². The molecule has 0 saturated heterocycles. The van der Waals surface area contributed by atoms with Gasteiger partial charge < -0.3 is 4.57 Å². The minimum atomic E-state index is 0.792. The Bertz CT molecular complexity index is 2100. The van der Waals surface area contributed by atoms with E-state index in [1.54, 1.807) is 22.2 Å². The lowest BCUT2D eigenvalue weighted by atomic mass is 10.1. The molecule has 184 valence electrons. The van der Waals surface area contributed by atoms with Crippen LogP contribution in [0.4, 0.5) is 0 Å². The predicted octanol–water partition coefficient (Wildman–Crippen LogP) is 8.31. The Balaban J connectivity index is 1.31. The molecular weight excluding hydrogens is 498 g/mol. The third-order valence-electron chi connectivity index (χ3n) is 7.09. The van der Waals surface area contributed by atoms with Crippen molar-refractivity contribution < 1.29 is 0 Å². The van der Waals surface area contributed by atoms with E-state index >= 15 is 0 Å². The third kappa shape index (κ3) is 3.65. The minimum Gasteiger partial charge on any atom is -0.309 e. The molecule has 5 nitrogen and oxygen atoms in total. The van der Waals surface area contributed by atoms with E-state index in [1.807, 2.05) is 36.5 Å². The smallest absolute Gasteiger partial charge is 0.153 e. The van der Waals surface area contributed by atoms with Gasteiger partial charge in [-0.05, 0) is 54.6 Å². The summed E-state index contributed by atoms with van der Waals surface area (Å²) in [5.41, 5.74) is 7.53. The summed E-state index contributed by atoms with van der Waals surface area (Å²) in [7, 11) is 0.